The van der Waals surface area contributed by atoms with Crippen LogP contribution in [0.4, 0.5) is 5.69 Å². The van der Waals surface area contributed by atoms with Crippen LogP contribution < -0.4 is 14.4 Å². The summed E-state index contributed by atoms with van der Waals surface area (Å²) in [6.45, 7) is 4.04. The van der Waals surface area contributed by atoms with Crippen LogP contribution in [0.3, 0.4) is 0 Å². The molecule has 3 aromatic rings. The normalized spacial score (nSPS) is 18.9. The lowest BCUT2D eigenvalue weighted by Crippen LogP contribution is -2.29. The molecule has 5 rings (SSSR count). The van der Waals surface area contributed by atoms with E-state index in [2.05, 4.69) is 0 Å². The minimum absolute atomic E-state index is 0.0401. The van der Waals surface area contributed by atoms with Gasteiger partial charge in [0, 0.05) is 11.3 Å². The minimum atomic E-state index is -0.760. The van der Waals surface area contributed by atoms with Crippen molar-refractivity contribution >= 4 is 23.1 Å². The van der Waals surface area contributed by atoms with Gasteiger partial charge in [0.2, 0.25) is 6.79 Å². The van der Waals surface area contributed by atoms with Crippen molar-refractivity contribution in [1.29, 1.82) is 0 Å². The molecule has 0 bridgehead atoms. The van der Waals surface area contributed by atoms with Gasteiger partial charge in [-0.15, -0.1) is 0 Å². The molecule has 0 aromatic heterocycles. The number of aliphatic hydroxyl groups is 1. The zero-order valence-electron chi connectivity index (χ0n) is 17.7. The predicted molar refractivity (Wildman–Crippen MR) is 120 cm³/mol. The number of ketones is 1. The Balaban J connectivity index is 1.70. The lowest BCUT2D eigenvalue weighted by molar-refractivity contribution is -0.132. The van der Waals surface area contributed by atoms with Crippen LogP contribution in [0.25, 0.3) is 5.76 Å². The van der Waals surface area contributed by atoms with E-state index in [1.165, 1.54) is 4.90 Å². The molecule has 2 heterocycles. The number of ether oxygens (including phenoxy) is 2. The summed E-state index contributed by atoms with van der Waals surface area (Å²) in [5.41, 5.74) is 3.85. The van der Waals surface area contributed by atoms with Crippen molar-refractivity contribution in [3.63, 3.8) is 0 Å². The average Bonchev–Trinajstić information content (AvgIpc) is 3.38. The Morgan fingerprint density at radius 1 is 0.906 bits per heavy atom. The number of hydrogen-bond donors (Lipinski definition) is 1. The first-order chi connectivity index (χ1) is 15.5. The van der Waals surface area contributed by atoms with Gasteiger partial charge in [-0.25, -0.2) is 0 Å². The highest BCUT2D eigenvalue weighted by atomic mass is 16.7. The highest BCUT2D eigenvalue weighted by Crippen LogP contribution is 2.43. The van der Waals surface area contributed by atoms with E-state index in [9.17, 15) is 14.7 Å². The van der Waals surface area contributed by atoms with Crippen LogP contribution >= 0.6 is 0 Å². The Morgan fingerprint density at radius 3 is 2.41 bits per heavy atom. The number of benzene rings is 3. The second-order valence-corrected chi connectivity index (χ2v) is 7.92. The lowest BCUT2D eigenvalue weighted by atomic mass is 9.95. The van der Waals surface area contributed by atoms with Crippen LogP contribution in [-0.2, 0) is 9.59 Å². The third-order valence-corrected chi connectivity index (χ3v) is 5.97. The smallest absolute Gasteiger partial charge is 0.300 e. The van der Waals surface area contributed by atoms with Gasteiger partial charge in [0.25, 0.3) is 11.7 Å². The maximum atomic E-state index is 13.2. The number of aliphatic hydroxyl groups excluding tert-OH is 1. The molecule has 1 amide bonds. The highest BCUT2D eigenvalue weighted by molar-refractivity contribution is 6.51. The van der Waals surface area contributed by atoms with Crippen molar-refractivity contribution in [3.8, 4) is 11.5 Å². The number of carbonyl (C=O) groups excluding carboxylic acids is 2. The number of carbonyl (C=O) groups is 2. The van der Waals surface area contributed by atoms with Crippen molar-refractivity contribution in [1.82, 2.24) is 0 Å². The van der Waals surface area contributed by atoms with Crippen LogP contribution in [0.1, 0.15) is 28.3 Å². The van der Waals surface area contributed by atoms with Gasteiger partial charge in [0.1, 0.15) is 5.76 Å². The van der Waals surface area contributed by atoms with E-state index in [-0.39, 0.29) is 18.1 Å². The van der Waals surface area contributed by atoms with E-state index < -0.39 is 17.7 Å². The highest BCUT2D eigenvalue weighted by Gasteiger charge is 2.47. The van der Waals surface area contributed by atoms with E-state index in [0.29, 0.717) is 22.7 Å². The molecular weight excluding hydrogens is 406 g/mol. The van der Waals surface area contributed by atoms with Crippen molar-refractivity contribution in [2.75, 3.05) is 11.7 Å². The number of anilines is 1. The maximum absolute atomic E-state index is 13.2. The molecule has 32 heavy (non-hydrogen) atoms. The molecule has 3 aromatic carbocycles. The summed E-state index contributed by atoms with van der Waals surface area (Å²) in [6, 6.07) is 19.0. The maximum Gasteiger partial charge on any atom is 0.300 e. The molecule has 0 saturated carbocycles. The Morgan fingerprint density at radius 2 is 1.66 bits per heavy atom. The van der Waals surface area contributed by atoms with Gasteiger partial charge in [-0.2, -0.15) is 0 Å². The summed E-state index contributed by atoms with van der Waals surface area (Å²) in [4.78, 5) is 27.9. The fraction of sp³-hybridized carbons (Fsp3) is 0.154. The molecule has 0 spiro atoms. The first-order valence-corrected chi connectivity index (χ1v) is 10.3. The SMILES string of the molecule is Cc1ccc(N2C(=O)C(=O)/C(=C(\O)c3ccc4c(c3)OCO4)C2c2ccccc2)cc1C. The summed E-state index contributed by atoms with van der Waals surface area (Å²) >= 11 is 0. The van der Waals surface area contributed by atoms with Crippen molar-refractivity contribution < 1.29 is 24.2 Å². The molecule has 0 radical (unpaired) electrons. The second-order valence-electron chi connectivity index (χ2n) is 7.92. The number of nitrogens with zero attached hydrogens (tertiary/aromatic N) is 1. The Hall–Kier alpha value is -4.06. The van der Waals surface area contributed by atoms with Gasteiger partial charge in [-0.1, -0.05) is 36.4 Å². The topological polar surface area (TPSA) is 76.1 Å². The Bertz CT molecular complexity index is 1280. The lowest BCUT2D eigenvalue weighted by Gasteiger charge is -2.26. The van der Waals surface area contributed by atoms with E-state index >= 15 is 0 Å². The molecule has 1 N–H and O–H groups in total. The van der Waals surface area contributed by atoms with E-state index in [4.69, 9.17) is 9.47 Å². The zero-order chi connectivity index (χ0) is 22.4. The van der Waals surface area contributed by atoms with Gasteiger partial charge < -0.3 is 14.6 Å². The van der Waals surface area contributed by atoms with Gasteiger partial charge in [-0.3, -0.25) is 14.5 Å². The molecule has 1 fully saturated rings. The van der Waals surface area contributed by atoms with Crippen molar-refractivity contribution in [2.45, 2.75) is 19.9 Å². The third kappa shape index (κ3) is 3.12. The van der Waals surface area contributed by atoms with Gasteiger partial charge in [0.05, 0.1) is 11.6 Å². The Kier molecular flexibility index (Phi) is 4.70. The van der Waals surface area contributed by atoms with E-state index in [1.807, 2.05) is 62.4 Å². The summed E-state index contributed by atoms with van der Waals surface area (Å²) < 4.78 is 10.7. The largest absolute Gasteiger partial charge is 0.507 e. The van der Waals surface area contributed by atoms with Gasteiger partial charge >= 0.3 is 0 Å². The third-order valence-electron chi connectivity index (χ3n) is 5.97. The molecule has 6 heteroatoms. The number of fused-ring (bicyclic) bond motifs is 1. The van der Waals surface area contributed by atoms with E-state index in [1.54, 1.807) is 18.2 Å². The number of amides is 1. The summed E-state index contributed by atoms with van der Waals surface area (Å²) in [6.07, 6.45) is 0. The fourth-order valence-corrected chi connectivity index (χ4v) is 4.12. The van der Waals surface area contributed by atoms with E-state index in [0.717, 1.165) is 16.7 Å². The summed E-state index contributed by atoms with van der Waals surface area (Å²) in [5, 5.41) is 11.2. The standard InChI is InChI=1S/C26H21NO5/c1-15-8-10-19(12-16(15)2)27-23(17-6-4-3-5-7-17)22(25(29)26(27)30)24(28)18-9-11-20-21(13-18)32-14-31-20/h3-13,23,28H,14H2,1-2H3/b24-22-. The molecule has 2 aliphatic rings. The second kappa shape index (κ2) is 7.57. The zero-order valence-corrected chi connectivity index (χ0v) is 17.7. The first-order valence-electron chi connectivity index (χ1n) is 10.3. The van der Waals surface area contributed by atoms with Crippen LogP contribution in [-0.4, -0.2) is 23.6 Å². The molecule has 0 aliphatic carbocycles. The molecule has 1 saturated heterocycles. The number of rotatable bonds is 3. The molecule has 1 unspecified atom stereocenters. The average molecular weight is 427 g/mol. The summed E-state index contributed by atoms with van der Waals surface area (Å²) in [7, 11) is 0. The van der Waals surface area contributed by atoms with Crippen molar-refractivity contribution in [3.05, 3.63) is 94.6 Å². The van der Waals surface area contributed by atoms with Gasteiger partial charge in [0.15, 0.2) is 11.5 Å². The predicted octanol–water partition coefficient (Wildman–Crippen LogP) is 4.66. The molecular formula is C26H21NO5. The number of hydrogen-bond acceptors (Lipinski definition) is 5. The molecule has 6 nitrogen and oxygen atoms in total. The quantitative estimate of drug-likeness (QED) is 0.374. The van der Waals surface area contributed by atoms with Crippen LogP contribution in [0.15, 0.2) is 72.3 Å². The number of Topliss-reactive ketones (excluding diaryl/α,β-unsaturated/α-hetero) is 1. The fourth-order valence-electron chi connectivity index (χ4n) is 4.12. The van der Waals surface area contributed by atoms with Crippen LogP contribution in [0, 0.1) is 13.8 Å². The molecule has 160 valence electrons. The Labute approximate surface area is 185 Å². The molecule has 1 atom stereocenters. The first kappa shape index (κ1) is 19.9. The monoisotopic (exact) mass is 427 g/mol. The number of aryl methyl sites for hydroxylation is 2. The van der Waals surface area contributed by atoms with Crippen LogP contribution in [0.2, 0.25) is 0 Å². The summed E-state index contributed by atoms with van der Waals surface area (Å²) in [5.74, 6) is -0.607. The molecule has 2 aliphatic heterocycles. The van der Waals surface area contributed by atoms with Crippen LogP contribution in [0.5, 0.6) is 11.5 Å². The minimum Gasteiger partial charge on any atom is -0.507 e. The van der Waals surface area contributed by atoms with Gasteiger partial charge in [-0.05, 0) is 60.9 Å². The van der Waals surface area contributed by atoms with Crippen molar-refractivity contribution in [2.24, 2.45) is 0 Å².